The van der Waals surface area contributed by atoms with Crippen molar-refractivity contribution in [3.05, 3.63) is 35.9 Å². The molecule has 6 nitrogen and oxygen atoms in total. The number of halogens is 1. The summed E-state index contributed by atoms with van der Waals surface area (Å²) in [5.74, 6) is 0.978. The molecule has 0 radical (unpaired) electrons. The average Bonchev–Trinajstić information content (AvgIpc) is 2.64. The SMILES string of the molecule is CCC(C)NC(=NCC(=O)N(C)C)NCC(C)COCc1ccccc1.I. The zero-order valence-electron chi connectivity index (χ0n) is 17.2. The lowest BCUT2D eigenvalue weighted by molar-refractivity contribution is -0.127. The molecule has 0 saturated carbocycles. The zero-order chi connectivity index (χ0) is 19.4. The van der Waals surface area contributed by atoms with Crippen LogP contribution in [0.15, 0.2) is 35.3 Å². The Kier molecular flexibility index (Phi) is 13.9. The van der Waals surface area contributed by atoms with Crippen LogP contribution in [0.2, 0.25) is 0 Å². The van der Waals surface area contributed by atoms with E-state index in [1.54, 1.807) is 19.0 Å². The molecule has 0 fully saturated rings. The first-order chi connectivity index (χ1) is 12.4. The molecule has 1 rings (SSSR count). The molecule has 0 heterocycles. The molecule has 0 aliphatic heterocycles. The number of hydrogen-bond acceptors (Lipinski definition) is 3. The molecule has 2 unspecified atom stereocenters. The first kappa shape index (κ1) is 25.6. The van der Waals surface area contributed by atoms with Crippen molar-refractivity contribution in [3.8, 4) is 0 Å². The second-order valence-corrected chi connectivity index (χ2v) is 6.89. The molecule has 1 aromatic carbocycles. The predicted molar refractivity (Wildman–Crippen MR) is 123 cm³/mol. The summed E-state index contributed by atoms with van der Waals surface area (Å²) >= 11 is 0. The highest BCUT2D eigenvalue weighted by Gasteiger charge is 2.09. The maximum Gasteiger partial charge on any atom is 0.243 e. The van der Waals surface area contributed by atoms with Crippen molar-refractivity contribution in [2.24, 2.45) is 10.9 Å². The van der Waals surface area contributed by atoms with Crippen molar-refractivity contribution in [1.82, 2.24) is 15.5 Å². The summed E-state index contributed by atoms with van der Waals surface area (Å²) in [7, 11) is 3.47. The Morgan fingerprint density at radius 1 is 1.22 bits per heavy atom. The van der Waals surface area contributed by atoms with Gasteiger partial charge in [0.1, 0.15) is 6.54 Å². The van der Waals surface area contributed by atoms with Crippen LogP contribution in [0.25, 0.3) is 0 Å². The van der Waals surface area contributed by atoms with Gasteiger partial charge < -0.3 is 20.3 Å². The van der Waals surface area contributed by atoms with Gasteiger partial charge in [0.05, 0.1) is 13.2 Å². The molecule has 1 amide bonds. The van der Waals surface area contributed by atoms with Gasteiger partial charge in [-0.3, -0.25) is 4.79 Å². The maximum absolute atomic E-state index is 11.8. The maximum atomic E-state index is 11.8. The van der Waals surface area contributed by atoms with E-state index >= 15 is 0 Å². The molecule has 27 heavy (non-hydrogen) atoms. The number of aliphatic imine (C=N–C) groups is 1. The predicted octanol–water partition coefficient (Wildman–Crippen LogP) is 2.88. The quantitative estimate of drug-likeness (QED) is 0.301. The normalized spacial score (nSPS) is 13.3. The second-order valence-electron chi connectivity index (χ2n) is 6.89. The lowest BCUT2D eigenvalue weighted by atomic mass is 10.2. The number of nitrogens with zero attached hydrogens (tertiary/aromatic N) is 2. The largest absolute Gasteiger partial charge is 0.376 e. The van der Waals surface area contributed by atoms with E-state index in [1.165, 1.54) is 5.56 Å². The first-order valence-corrected chi connectivity index (χ1v) is 9.29. The van der Waals surface area contributed by atoms with Crippen molar-refractivity contribution in [1.29, 1.82) is 0 Å². The van der Waals surface area contributed by atoms with Crippen molar-refractivity contribution in [3.63, 3.8) is 0 Å². The number of amides is 1. The average molecular weight is 490 g/mol. The first-order valence-electron chi connectivity index (χ1n) is 9.29. The topological polar surface area (TPSA) is 66.0 Å². The molecular formula is C20H35IN4O2. The number of rotatable bonds is 10. The molecule has 1 aromatic rings. The highest BCUT2D eigenvalue weighted by Crippen LogP contribution is 2.03. The monoisotopic (exact) mass is 490 g/mol. The van der Waals surface area contributed by atoms with Crippen LogP contribution < -0.4 is 10.6 Å². The van der Waals surface area contributed by atoms with Crippen molar-refractivity contribution < 1.29 is 9.53 Å². The number of nitrogens with one attached hydrogen (secondary N) is 2. The standard InChI is InChI=1S/C20H34N4O2.HI/c1-6-17(3)23-20(22-13-19(25)24(4)5)21-12-16(2)14-26-15-18-10-8-7-9-11-18;/h7-11,16-17H,6,12-15H2,1-5H3,(H2,21,22,23);1H. The number of likely N-dealkylation sites (N-methyl/N-ethyl adjacent to an activating group) is 1. The van der Waals surface area contributed by atoms with Gasteiger partial charge in [-0.15, -0.1) is 24.0 Å². The third kappa shape index (κ3) is 11.9. The second kappa shape index (κ2) is 14.7. The fraction of sp³-hybridized carbons (Fsp3) is 0.600. The van der Waals surface area contributed by atoms with Gasteiger partial charge in [-0.25, -0.2) is 4.99 Å². The molecule has 0 aromatic heterocycles. The molecule has 0 aliphatic carbocycles. The highest BCUT2D eigenvalue weighted by molar-refractivity contribution is 14.0. The Balaban J connectivity index is 0.00000676. The van der Waals surface area contributed by atoms with E-state index in [9.17, 15) is 4.79 Å². The van der Waals surface area contributed by atoms with Crippen LogP contribution in [0.4, 0.5) is 0 Å². The number of carbonyl (C=O) groups is 1. The van der Waals surface area contributed by atoms with Crippen LogP contribution in [0, 0.1) is 5.92 Å². The molecule has 0 spiro atoms. The Hall–Kier alpha value is -1.35. The molecule has 154 valence electrons. The summed E-state index contributed by atoms with van der Waals surface area (Å²) in [6.07, 6.45) is 0.984. The molecule has 0 aliphatic rings. The van der Waals surface area contributed by atoms with Gasteiger partial charge in [0.25, 0.3) is 0 Å². The van der Waals surface area contributed by atoms with Gasteiger partial charge in [0, 0.05) is 26.7 Å². The number of hydrogen-bond donors (Lipinski definition) is 2. The number of carbonyl (C=O) groups excluding carboxylic acids is 1. The van der Waals surface area contributed by atoms with E-state index in [4.69, 9.17) is 4.74 Å². The van der Waals surface area contributed by atoms with Gasteiger partial charge in [-0.05, 0) is 24.8 Å². The third-order valence-electron chi connectivity index (χ3n) is 4.00. The lowest BCUT2D eigenvalue weighted by Crippen LogP contribution is -2.44. The molecule has 7 heteroatoms. The van der Waals surface area contributed by atoms with E-state index in [2.05, 4.69) is 48.5 Å². The van der Waals surface area contributed by atoms with Gasteiger partial charge in [0.2, 0.25) is 5.91 Å². The minimum absolute atomic E-state index is 0. The molecule has 2 N–H and O–H groups in total. The summed E-state index contributed by atoms with van der Waals surface area (Å²) in [5, 5.41) is 6.64. The van der Waals surface area contributed by atoms with Gasteiger partial charge >= 0.3 is 0 Å². The summed E-state index contributed by atoms with van der Waals surface area (Å²) in [4.78, 5) is 17.7. The lowest BCUT2D eigenvalue weighted by Gasteiger charge is -2.20. The summed E-state index contributed by atoms with van der Waals surface area (Å²) in [6.45, 7) is 8.48. The fourth-order valence-electron chi connectivity index (χ4n) is 2.06. The summed E-state index contributed by atoms with van der Waals surface area (Å²) < 4.78 is 5.78. The highest BCUT2D eigenvalue weighted by atomic mass is 127. The number of benzene rings is 1. The van der Waals surface area contributed by atoms with Gasteiger partial charge in [0.15, 0.2) is 5.96 Å². The Morgan fingerprint density at radius 2 is 1.89 bits per heavy atom. The smallest absolute Gasteiger partial charge is 0.243 e. The van der Waals surface area contributed by atoms with Crippen LogP contribution in [0.5, 0.6) is 0 Å². The van der Waals surface area contributed by atoms with Crippen LogP contribution in [-0.2, 0) is 16.1 Å². The van der Waals surface area contributed by atoms with E-state index in [-0.39, 0.29) is 36.4 Å². The van der Waals surface area contributed by atoms with E-state index < -0.39 is 0 Å². The van der Waals surface area contributed by atoms with Crippen LogP contribution in [-0.4, -0.2) is 56.6 Å². The van der Waals surface area contributed by atoms with E-state index in [0.717, 1.165) is 13.0 Å². The summed E-state index contributed by atoms with van der Waals surface area (Å²) in [5.41, 5.74) is 1.18. The number of guanidine groups is 1. The zero-order valence-corrected chi connectivity index (χ0v) is 19.5. The van der Waals surface area contributed by atoms with Crippen LogP contribution >= 0.6 is 24.0 Å². The van der Waals surface area contributed by atoms with Crippen molar-refractivity contribution >= 4 is 35.8 Å². The minimum atomic E-state index is -0.0190. The Bertz CT molecular complexity index is 552. The summed E-state index contributed by atoms with van der Waals surface area (Å²) in [6, 6.07) is 10.4. The van der Waals surface area contributed by atoms with Gasteiger partial charge in [-0.2, -0.15) is 0 Å². The van der Waals surface area contributed by atoms with Crippen molar-refractivity contribution in [2.75, 3.05) is 33.8 Å². The number of ether oxygens (including phenoxy) is 1. The molecular weight excluding hydrogens is 455 g/mol. The van der Waals surface area contributed by atoms with Crippen molar-refractivity contribution in [2.45, 2.75) is 39.8 Å². The van der Waals surface area contributed by atoms with Gasteiger partial charge in [-0.1, -0.05) is 44.2 Å². The molecule has 0 saturated heterocycles. The Morgan fingerprint density at radius 3 is 2.48 bits per heavy atom. The Labute approximate surface area is 181 Å². The van der Waals surface area contributed by atoms with E-state index in [1.807, 2.05) is 18.2 Å². The third-order valence-corrected chi connectivity index (χ3v) is 4.00. The molecule has 2 atom stereocenters. The minimum Gasteiger partial charge on any atom is -0.376 e. The van der Waals surface area contributed by atoms with Crippen LogP contribution in [0.1, 0.15) is 32.8 Å². The van der Waals surface area contributed by atoms with E-state index in [0.29, 0.717) is 31.1 Å². The van der Waals surface area contributed by atoms with Crippen LogP contribution in [0.3, 0.4) is 0 Å². The molecule has 0 bridgehead atoms. The fourth-order valence-corrected chi connectivity index (χ4v) is 2.06.